The van der Waals surface area contributed by atoms with Crippen LogP contribution in [0.5, 0.6) is 0 Å². The normalized spacial score (nSPS) is 10.2. The van der Waals surface area contributed by atoms with Crippen LogP contribution < -0.4 is 0 Å². The zero-order valence-corrected chi connectivity index (χ0v) is 11.0. The molecule has 0 unspecified atom stereocenters. The Morgan fingerprint density at radius 1 is 1.11 bits per heavy atom. The number of benzene rings is 2. The second-order valence-corrected chi connectivity index (χ2v) is 5.07. The standard InChI is InChI=1S/C15H12FNOS/c16-15-6-3-12(7-13(15)8-17)10-19-14-4-1-11(9-18)2-5-14/h1-7,18H,9-10H2. The van der Waals surface area contributed by atoms with Crippen LogP contribution >= 0.6 is 11.8 Å². The van der Waals surface area contributed by atoms with Gasteiger partial charge < -0.3 is 5.11 Å². The van der Waals surface area contributed by atoms with E-state index in [1.807, 2.05) is 30.3 Å². The summed E-state index contributed by atoms with van der Waals surface area (Å²) < 4.78 is 13.2. The van der Waals surface area contributed by atoms with E-state index in [2.05, 4.69) is 0 Å². The van der Waals surface area contributed by atoms with Gasteiger partial charge in [-0.25, -0.2) is 4.39 Å². The predicted octanol–water partition coefficient (Wildman–Crippen LogP) is 3.48. The lowest BCUT2D eigenvalue weighted by Gasteiger charge is -2.04. The van der Waals surface area contributed by atoms with Gasteiger partial charge in [-0.1, -0.05) is 18.2 Å². The van der Waals surface area contributed by atoms with Gasteiger partial charge in [-0.15, -0.1) is 11.8 Å². The Balaban J connectivity index is 2.04. The topological polar surface area (TPSA) is 44.0 Å². The Labute approximate surface area is 115 Å². The maximum atomic E-state index is 13.2. The molecule has 4 heteroatoms. The van der Waals surface area contributed by atoms with Gasteiger partial charge in [-0.2, -0.15) is 5.26 Å². The van der Waals surface area contributed by atoms with Crippen molar-refractivity contribution in [3.63, 3.8) is 0 Å². The van der Waals surface area contributed by atoms with E-state index >= 15 is 0 Å². The van der Waals surface area contributed by atoms with Crippen LogP contribution in [0.25, 0.3) is 0 Å². The Morgan fingerprint density at radius 2 is 1.79 bits per heavy atom. The summed E-state index contributed by atoms with van der Waals surface area (Å²) in [5, 5.41) is 17.7. The Morgan fingerprint density at radius 3 is 2.42 bits per heavy atom. The van der Waals surface area contributed by atoms with Crippen LogP contribution in [0.4, 0.5) is 4.39 Å². The molecular weight excluding hydrogens is 261 g/mol. The molecule has 0 aliphatic carbocycles. The van der Waals surface area contributed by atoms with E-state index in [4.69, 9.17) is 10.4 Å². The average Bonchev–Trinajstić information content (AvgIpc) is 2.47. The first-order valence-electron chi connectivity index (χ1n) is 5.74. The molecule has 2 aromatic rings. The van der Waals surface area contributed by atoms with Gasteiger partial charge in [0.25, 0.3) is 0 Å². The summed E-state index contributed by atoms with van der Waals surface area (Å²) in [5.74, 6) is 0.191. The van der Waals surface area contributed by atoms with E-state index in [0.717, 1.165) is 16.0 Å². The number of halogens is 1. The molecule has 0 fully saturated rings. The van der Waals surface area contributed by atoms with Gasteiger partial charge >= 0.3 is 0 Å². The van der Waals surface area contributed by atoms with Crippen LogP contribution in [0.2, 0.25) is 0 Å². The smallest absolute Gasteiger partial charge is 0.140 e. The number of aliphatic hydroxyl groups is 1. The number of rotatable bonds is 4. The molecular formula is C15H12FNOS. The second-order valence-electron chi connectivity index (χ2n) is 4.02. The fourth-order valence-electron chi connectivity index (χ4n) is 1.61. The van der Waals surface area contributed by atoms with Gasteiger partial charge in [0, 0.05) is 10.6 Å². The lowest BCUT2D eigenvalue weighted by atomic mass is 10.1. The van der Waals surface area contributed by atoms with Crippen LogP contribution in [0.3, 0.4) is 0 Å². The number of hydrogen-bond donors (Lipinski definition) is 1. The third-order valence-corrected chi connectivity index (χ3v) is 3.75. The highest BCUT2D eigenvalue weighted by Crippen LogP contribution is 2.24. The molecule has 0 spiro atoms. The molecule has 0 radical (unpaired) electrons. The van der Waals surface area contributed by atoms with Crippen molar-refractivity contribution >= 4 is 11.8 Å². The molecule has 1 N–H and O–H groups in total. The third-order valence-electron chi connectivity index (χ3n) is 2.66. The van der Waals surface area contributed by atoms with E-state index in [1.54, 1.807) is 23.9 Å². The molecule has 96 valence electrons. The fourth-order valence-corrected chi connectivity index (χ4v) is 2.45. The minimum atomic E-state index is -0.483. The van der Waals surface area contributed by atoms with Gasteiger partial charge in [0.15, 0.2) is 0 Å². The van der Waals surface area contributed by atoms with E-state index in [9.17, 15) is 4.39 Å². The largest absolute Gasteiger partial charge is 0.392 e. The number of thioether (sulfide) groups is 1. The molecule has 0 aliphatic rings. The SMILES string of the molecule is N#Cc1cc(CSc2ccc(CO)cc2)ccc1F. The molecule has 2 nitrogen and oxygen atoms in total. The van der Waals surface area contributed by atoms with Crippen molar-refractivity contribution in [2.24, 2.45) is 0 Å². The quantitative estimate of drug-likeness (QED) is 0.867. The van der Waals surface area contributed by atoms with E-state index in [1.165, 1.54) is 6.07 Å². The molecule has 0 heterocycles. The summed E-state index contributed by atoms with van der Waals surface area (Å²) in [5.41, 5.74) is 1.86. The van der Waals surface area contributed by atoms with Gasteiger partial charge in [-0.05, 0) is 35.4 Å². The molecule has 0 aliphatic heterocycles. The van der Waals surface area contributed by atoms with Gasteiger partial charge in [0.2, 0.25) is 0 Å². The number of nitrogens with zero attached hydrogens (tertiary/aromatic N) is 1. The molecule has 0 bridgehead atoms. The maximum absolute atomic E-state index is 13.2. The lowest BCUT2D eigenvalue weighted by molar-refractivity contribution is 0.282. The van der Waals surface area contributed by atoms with Crippen molar-refractivity contribution in [3.05, 3.63) is 65.0 Å². The summed E-state index contributed by atoms with van der Waals surface area (Å²) >= 11 is 1.60. The van der Waals surface area contributed by atoms with Crippen LogP contribution in [-0.2, 0) is 12.4 Å². The summed E-state index contributed by atoms with van der Waals surface area (Å²) in [6.45, 7) is 0.0361. The van der Waals surface area contributed by atoms with E-state index < -0.39 is 5.82 Å². The van der Waals surface area contributed by atoms with Gasteiger partial charge in [0.1, 0.15) is 11.9 Å². The Bertz CT molecular complexity index is 605. The highest BCUT2D eigenvalue weighted by Gasteiger charge is 2.03. The highest BCUT2D eigenvalue weighted by molar-refractivity contribution is 7.98. The summed E-state index contributed by atoms with van der Waals surface area (Å²) in [4.78, 5) is 1.07. The van der Waals surface area contributed by atoms with Crippen LogP contribution in [0, 0.1) is 17.1 Å². The monoisotopic (exact) mass is 273 g/mol. The van der Waals surface area contributed by atoms with Crippen molar-refractivity contribution in [1.29, 1.82) is 5.26 Å². The molecule has 0 aromatic heterocycles. The third kappa shape index (κ3) is 3.57. The number of aliphatic hydroxyl groups excluding tert-OH is 1. The van der Waals surface area contributed by atoms with Gasteiger partial charge in [-0.3, -0.25) is 0 Å². The zero-order chi connectivity index (χ0) is 13.7. The molecule has 0 saturated carbocycles. The second kappa shape index (κ2) is 6.37. The fraction of sp³-hybridized carbons (Fsp3) is 0.133. The minimum absolute atomic E-state index is 0.0361. The van der Waals surface area contributed by atoms with E-state index in [0.29, 0.717) is 5.75 Å². The summed E-state index contributed by atoms with van der Waals surface area (Å²) in [7, 11) is 0. The van der Waals surface area contributed by atoms with Crippen LogP contribution in [0.1, 0.15) is 16.7 Å². The van der Waals surface area contributed by atoms with Crippen molar-refractivity contribution in [2.75, 3.05) is 0 Å². The Hall–Kier alpha value is -1.83. The van der Waals surface area contributed by atoms with Crippen LogP contribution in [-0.4, -0.2) is 5.11 Å². The molecule has 19 heavy (non-hydrogen) atoms. The molecule has 2 rings (SSSR count). The zero-order valence-electron chi connectivity index (χ0n) is 10.1. The first-order valence-corrected chi connectivity index (χ1v) is 6.72. The molecule has 0 amide bonds. The highest BCUT2D eigenvalue weighted by atomic mass is 32.2. The van der Waals surface area contributed by atoms with Crippen molar-refractivity contribution in [3.8, 4) is 6.07 Å². The number of nitriles is 1. The molecule has 0 atom stereocenters. The van der Waals surface area contributed by atoms with E-state index in [-0.39, 0.29) is 12.2 Å². The first kappa shape index (κ1) is 13.6. The van der Waals surface area contributed by atoms with Crippen molar-refractivity contribution in [1.82, 2.24) is 0 Å². The molecule has 0 saturated heterocycles. The predicted molar refractivity (Wildman–Crippen MR) is 73.0 cm³/mol. The summed E-state index contributed by atoms with van der Waals surface area (Å²) in [6.07, 6.45) is 0. The van der Waals surface area contributed by atoms with Crippen molar-refractivity contribution < 1.29 is 9.50 Å². The lowest BCUT2D eigenvalue weighted by Crippen LogP contribution is -1.88. The molecule has 2 aromatic carbocycles. The summed E-state index contributed by atoms with van der Waals surface area (Å²) in [6, 6.07) is 14.0. The minimum Gasteiger partial charge on any atom is -0.392 e. The van der Waals surface area contributed by atoms with Crippen molar-refractivity contribution in [2.45, 2.75) is 17.3 Å². The maximum Gasteiger partial charge on any atom is 0.140 e. The first-order chi connectivity index (χ1) is 9.22. The average molecular weight is 273 g/mol. The van der Waals surface area contributed by atoms with Gasteiger partial charge in [0.05, 0.1) is 12.2 Å². The Kier molecular flexibility index (Phi) is 4.56. The number of hydrogen-bond acceptors (Lipinski definition) is 3. The van der Waals surface area contributed by atoms with Crippen LogP contribution in [0.15, 0.2) is 47.4 Å².